The quantitative estimate of drug-likeness (QED) is 0.690. The lowest BCUT2D eigenvalue weighted by molar-refractivity contribution is -0.117. The van der Waals surface area contributed by atoms with E-state index in [1.807, 2.05) is 24.5 Å². The Hall–Kier alpha value is -1.35. The molecule has 0 aromatic heterocycles. The number of nitrogens with one attached hydrogen (secondary N) is 2. The third kappa shape index (κ3) is 5.07. The summed E-state index contributed by atoms with van der Waals surface area (Å²) in [4.78, 5) is 13.3. The van der Waals surface area contributed by atoms with Gasteiger partial charge in [-0.15, -0.1) is 11.8 Å². The van der Waals surface area contributed by atoms with Crippen molar-refractivity contribution < 1.29 is 13.2 Å². The van der Waals surface area contributed by atoms with Crippen LogP contribution in [0.1, 0.15) is 6.92 Å². The second-order valence-electron chi connectivity index (χ2n) is 5.02. The van der Waals surface area contributed by atoms with Gasteiger partial charge in [0, 0.05) is 15.1 Å². The number of thioether (sulfide) groups is 1. The highest BCUT2D eigenvalue weighted by atomic mass is 79.9. The molecule has 2 N–H and O–H groups in total. The van der Waals surface area contributed by atoms with Crippen LogP contribution in [0.5, 0.6) is 0 Å². The van der Waals surface area contributed by atoms with Crippen molar-refractivity contribution in [1.29, 1.82) is 0 Å². The van der Waals surface area contributed by atoms with Gasteiger partial charge < -0.3 is 5.32 Å². The predicted octanol–water partition coefficient (Wildman–Crippen LogP) is 3.48. The summed E-state index contributed by atoms with van der Waals surface area (Å²) in [6, 6.07) is 12.7. The van der Waals surface area contributed by atoms with Crippen molar-refractivity contribution >= 4 is 49.3 Å². The van der Waals surface area contributed by atoms with Crippen molar-refractivity contribution in [3.05, 3.63) is 53.0 Å². The Bertz CT molecular complexity index is 823. The topological polar surface area (TPSA) is 75.3 Å². The number of carbonyl (C=O) groups is 1. The standard InChI is InChI=1S/C16H17BrN2O3S2/c1-11(16(20)18-13-4-3-5-14(10-13)23-2)19-24(21,22)15-8-6-12(17)7-9-15/h3-11,19H,1-2H3,(H,18,20)/t11-/m0/s1. The fourth-order valence-electron chi connectivity index (χ4n) is 1.92. The van der Waals surface area contributed by atoms with Crippen LogP contribution in [0.3, 0.4) is 0 Å². The minimum Gasteiger partial charge on any atom is -0.325 e. The number of carbonyl (C=O) groups excluding carboxylic acids is 1. The lowest BCUT2D eigenvalue weighted by Crippen LogP contribution is -2.41. The van der Waals surface area contributed by atoms with Crippen molar-refractivity contribution in [2.24, 2.45) is 0 Å². The van der Waals surface area contributed by atoms with Crippen LogP contribution in [-0.2, 0) is 14.8 Å². The number of hydrogen-bond acceptors (Lipinski definition) is 4. The fourth-order valence-corrected chi connectivity index (χ4v) is 3.85. The van der Waals surface area contributed by atoms with E-state index in [2.05, 4.69) is 26.0 Å². The van der Waals surface area contributed by atoms with Crippen LogP contribution in [0, 0.1) is 0 Å². The molecule has 5 nitrogen and oxygen atoms in total. The highest BCUT2D eigenvalue weighted by Crippen LogP contribution is 2.19. The first-order valence-electron chi connectivity index (χ1n) is 7.04. The second kappa shape index (κ2) is 8.15. The first-order valence-corrected chi connectivity index (χ1v) is 10.5. The Labute approximate surface area is 154 Å². The number of hydrogen-bond donors (Lipinski definition) is 2. The zero-order valence-electron chi connectivity index (χ0n) is 13.1. The molecule has 0 aliphatic carbocycles. The molecule has 8 heteroatoms. The minimum atomic E-state index is -3.76. The molecule has 2 rings (SSSR count). The van der Waals surface area contributed by atoms with Crippen LogP contribution in [0.4, 0.5) is 5.69 Å². The molecule has 1 amide bonds. The number of sulfonamides is 1. The molecule has 0 aliphatic rings. The highest BCUT2D eigenvalue weighted by Gasteiger charge is 2.22. The summed E-state index contributed by atoms with van der Waals surface area (Å²) in [6.07, 6.45) is 1.94. The van der Waals surface area contributed by atoms with Gasteiger partial charge in [0.25, 0.3) is 0 Å². The Kier molecular flexibility index (Phi) is 6.45. The van der Waals surface area contributed by atoms with Gasteiger partial charge in [-0.05, 0) is 55.6 Å². The third-order valence-electron chi connectivity index (χ3n) is 3.19. The van der Waals surface area contributed by atoms with E-state index >= 15 is 0 Å². The summed E-state index contributed by atoms with van der Waals surface area (Å²) in [5, 5.41) is 2.71. The van der Waals surface area contributed by atoms with Crippen molar-refractivity contribution in [3.63, 3.8) is 0 Å². The summed E-state index contributed by atoms with van der Waals surface area (Å²) in [5.74, 6) is -0.422. The maximum Gasteiger partial charge on any atom is 0.242 e. The van der Waals surface area contributed by atoms with Crippen molar-refractivity contribution in [2.75, 3.05) is 11.6 Å². The number of anilines is 1. The highest BCUT2D eigenvalue weighted by molar-refractivity contribution is 9.10. The van der Waals surface area contributed by atoms with Gasteiger partial charge in [-0.25, -0.2) is 8.42 Å². The van der Waals surface area contributed by atoms with Gasteiger partial charge in [-0.3, -0.25) is 4.79 Å². The molecule has 0 bridgehead atoms. The second-order valence-corrected chi connectivity index (χ2v) is 8.53. The van der Waals surface area contributed by atoms with Gasteiger partial charge in [0.1, 0.15) is 0 Å². The smallest absolute Gasteiger partial charge is 0.242 e. The van der Waals surface area contributed by atoms with E-state index in [0.717, 1.165) is 9.37 Å². The Morgan fingerprint density at radius 2 is 1.83 bits per heavy atom. The normalized spacial score (nSPS) is 12.6. The van der Waals surface area contributed by atoms with E-state index in [1.165, 1.54) is 19.1 Å². The Morgan fingerprint density at radius 3 is 2.46 bits per heavy atom. The zero-order chi connectivity index (χ0) is 17.7. The van der Waals surface area contributed by atoms with E-state index in [1.54, 1.807) is 30.0 Å². The largest absolute Gasteiger partial charge is 0.325 e. The Balaban J connectivity index is 2.06. The number of rotatable bonds is 6. The van der Waals surface area contributed by atoms with Crippen molar-refractivity contribution in [3.8, 4) is 0 Å². The van der Waals surface area contributed by atoms with Gasteiger partial charge in [0.2, 0.25) is 15.9 Å². The molecule has 24 heavy (non-hydrogen) atoms. The van der Waals surface area contributed by atoms with Gasteiger partial charge >= 0.3 is 0 Å². The summed E-state index contributed by atoms with van der Waals surface area (Å²) < 4.78 is 27.8. The molecule has 0 unspecified atom stereocenters. The molecule has 2 aromatic carbocycles. The number of benzene rings is 2. The van der Waals surface area contributed by atoms with Gasteiger partial charge in [-0.1, -0.05) is 22.0 Å². The molecule has 0 spiro atoms. The molecule has 0 heterocycles. The lowest BCUT2D eigenvalue weighted by Gasteiger charge is -2.15. The van der Waals surface area contributed by atoms with Crippen molar-refractivity contribution in [1.82, 2.24) is 4.72 Å². The lowest BCUT2D eigenvalue weighted by atomic mass is 10.3. The maximum absolute atomic E-state index is 12.3. The summed E-state index contributed by atoms with van der Waals surface area (Å²) in [6.45, 7) is 1.50. The monoisotopic (exact) mass is 428 g/mol. The van der Waals surface area contributed by atoms with Crippen LogP contribution in [-0.4, -0.2) is 26.6 Å². The predicted molar refractivity (Wildman–Crippen MR) is 101 cm³/mol. The fraction of sp³-hybridized carbons (Fsp3) is 0.188. The number of amides is 1. The van der Waals surface area contributed by atoms with E-state index in [9.17, 15) is 13.2 Å². The van der Waals surface area contributed by atoms with Crippen molar-refractivity contribution in [2.45, 2.75) is 22.8 Å². The van der Waals surface area contributed by atoms with E-state index < -0.39 is 22.0 Å². The van der Waals surface area contributed by atoms with E-state index in [-0.39, 0.29) is 4.90 Å². The molecule has 0 radical (unpaired) electrons. The summed E-state index contributed by atoms with van der Waals surface area (Å²) >= 11 is 4.81. The molecular formula is C16H17BrN2O3S2. The molecule has 0 aliphatic heterocycles. The first-order chi connectivity index (χ1) is 11.3. The van der Waals surface area contributed by atoms with Crippen LogP contribution in [0.2, 0.25) is 0 Å². The summed E-state index contributed by atoms with van der Waals surface area (Å²) in [7, 11) is -3.76. The average Bonchev–Trinajstić information content (AvgIpc) is 2.55. The molecule has 0 saturated heterocycles. The van der Waals surface area contributed by atoms with Gasteiger partial charge in [0.05, 0.1) is 10.9 Å². The Morgan fingerprint density at radius 1 is 1.17 bits per heavy atom. The SMILES string of the molecule is CSc1cccc(NC(=O)[C@H](C)NS(=O)(=O)c2ccc(Br)cc2)c1. The third-order valence-corrected chi connectivity index (χ3v) is 6.00. The van der Waals surface area contributed by atoms with Crippen LogP contribution < -0.4 is 10.0 Å². The van der Waals surface area contributed by atoms with Gasteiger partial charge in [-0.2, -0.15) is 4.72 Å². The first kappa shape index (κ1) is 19.0. The van der Waals surface area contributed by atoms with E-state index in [0.29, 0.717) is 5.69 Å². The van der Waals surface area contributed by atoms with Crippen LogP contribution >= 0.6 is 27.7 Å². The van der Waals surface area contributed by atoms with Crippen LogP contribution in [0.15, 0.2) is 62.8 Å². The van der Waals surface area contributed by atoms with E-state index in [4.69, 9.17) is 0 Å². The average molecular weight is 429 g/mol. The minimum absolute atomic E-state index is 0.106. The molecule has 128 valence electrons. The number of halogens is 1. The van der Waals surface area contributed by atoms with Crippen LogP contribution in [0.25, 0.3) is 0 Å². The molecular weight excluding hydrogens is 412 g/mol. The zero-order valence-corrected chi connectivity index (χ0v) is 16.3. The molecule has 1 atom stereocenters. The molecule has 0 saturated carbocycles. The van der Waals surface area contributed by atoms with Gasteiger partial charge in [0.15, 0.2) is 0 Å². The molecule has 2 aromatic rings. The maximum atomic E-state index is 12.3. The molecule has 0 fully saturated rings. The summed E-state index contributed by atoms with van der Waals surface area (Å²) in [5.41, 5.74) is 0.626.